The van der Waals surface area contributed by atoms with Crippen molar-refractivity contribution in [1.82, 2.24) is 0 Å². The van der Waals surface area contributed by atoms with Crippen LogP contribution in [0.1, 0.15) is 0 Å². The van der Waals surface area contributed by atoms with Crippen molar-refractivity contribution < 1.29 is 4.74 Å². The molecule has 3 nitrogen and oxygen atoms in total. The van der Waals surface area contributed by atoms with Gasteiger partial charge >= 0.3 is 0 Å². The normalized spacial score (nSPS) is 10.2. The summed E-state index contributed by atoms with van der Waals surface area (Å²) in [5.41, 5.74) is 7.70. The Morgan fingerprint density at radius 1 is 1.11 bits per heavy atom. The van der Waals surface area contributed by atoms with Crippen LogP contribution in [0.25, 0.3) is 0 Å². The number of hydrogen-bond acceptors (Lipinski definition) is 3. The topological polar surface area (TPSA) is 38.5 Å². The molecule has 0 spiro atoms. The van der Waals surface area contributed by atoms with Crippen LogP contribution in [0.2, 0.25) is 5.02 Å². The quantitative estimate of drug-likeness (QED) is 0.850. The van der Waals surface area contributed by atoms with Gasteiger partial charge < -0.3 is 15.4 Å². The Labute approximate surface area is 118 Å². The smallest absolute Gasteiger partial charge is 0.137 e. The highest BCUT2D eigenvalue weighted by molar-refractivity contribution is 6.32. The van der Waals surface area contributed by atoms with Gasteiger partial charge in [-0.1, -0.05) is 35.9 Å². The summed E-state index contributed by atoms with van der Waals surface area (Å²) in [6, 6.07) is 15.2. The highest BCUT2D eigenvalue weighted by atomic mass is 35.5. The summed E-state index contributed by atoms with van der Waals surface area (Å²) in [6.07, 6.45) is 0. The van der Waals surface area contributed by atoms with Crippen molar-refractivity contribution in [3.63, 3.8) is 0 Å². The molecule has 2 N–H and O–H groups in total. The van der Waals surface area contributed by atoms with Crippen molar-refractivity contribution in [2.45, 2.75) is 0 Å². The molecule has 0 atom stereocenters. The Morgan fingerprint density at radius 2 is 1.79 bits per heavy atom. The number of hydrogen-bond donors (Lipinski definition) is 1. The third-order valence-corrected chi connectivity index (χ3v) is 3.18. The van der Waals surface area contributed by atoms with Crippen LogP contribution in [-0.2, 0) is 0 Å². The zero-order valence-corrected chi connectivity index (χ0v) is 11.6. The van der Waals surface area contributed by atoms with Crippen LogP contribution >= 0.6 is 11.6 Å². The summed E-state index contributed by atoms with van der Waals surface area (Å²) in [4.78, 5) is 2.06. The molecule has 0 unspecified atom stereocenters. The zero-order chi connectivity index (χ0) is 13.7. The number of likely N-dealkylation sites (N-methyl/N-ethyl adjacent to an activating group) is 1. The molecule has 0 heterocycles. The minimum Gasteiger partial charge on any atom is -0.490 e. The number of ether oxygens (including phenoxy) is 1. The van der Waals surface area contributed by atoms with Crippen molar-refractivity contribution >= 4 is 23.0 Å². The summed E-state index contributed by atoms with van der Waals surface area (Å²) >= 11 is 6.02. The fourth-order valence-electron chi connectivity index (χ4n) is 1.81. The first-order chi connectivity index (χ1) is 9.18. The average Bonchev–Trinajstić information content (AvgIpc) is 2.41. The molecule has 2 aromatic carbocycles. The lowest BCUT2D eigenvalue weighted by Crippen LogP contribution is -2.24. The summed E-state index contributed by atoms with van der Waals surface area (Å²) in [7, 11) is 1.99. The summed E-state index contributed by atoms with van der Waals surface area (Å²) in [6.45, 7) is 1.29. The van der Waals surface area contributed by atoms with Gasteiger partial charge in [0.15, 0.2) is 0 Å². The lowest BCUT2D eigenvalue weighted by atomic mass is 10.2. The van der Waals surface area contributed by atoms with E-state index in [2.05, 4.69) is 4.90 Å². The average molecular weight is 277 g/mol. The van der Waals surface area contributed by atoms with Gasteiger partial charge in [0.25, 0.3) is 0 Å². The molecule has 0 aromatic heterocycles. The van der Waals surface area contributed by atoms with Gasteiger partial charge in [-0.15, -0.1) is 0 Å². The first kappa shape index (κ1) is 13.6. The molecule has 2 rings (SSSR count). The van der Waals surface area contributed by atoms with Gasteiger partial charge in [-0.3, -0.25) is 0 Å². The molecule has 0 bridgehead atoms. The first-order valence-electron chi connectivity index (χ1n) is 6.11. The Bertz CT molecular complexity index is 545. The molecular weight excluding hydrogens is 260 g/mol. The van der Waals surface area contributed by atoms with Crippen molar-refractivity contribution in [3.8, 4) is 5.75 Å². The number of para-hydroxylation sites is 3. The van der Waals surface area contributed by atoms with Crippen LogP contribution in [0.3, 0.4) is 0 Å². The minimum atomic E-state index is 0.550. The number of anilines is 2. The predicted molar refractivity (Wildman–Crippen MR) is 81.1 cm³/mol. The molecule has 0 aliphatic rings. The highest BCUT2D eigenvalue weighted by Crippen LogP contribution is 2.24. The fourth-order valence-corrected chi connectivity index (χ4v) is 2.00. The Balaban J connectivity index is 1.90. The molecule has 0 saturated carbocycles. The molecule has 2 aromatic rings. The number of nitrogens with zero attached hydrogens (tertiary/aromatic N) is 1. The summed E-state index contributed by atoms with van der Waals surface area (Å²) < 4.78 is 5.65. The van der Waals surface area contributed by atoms with E-state index < -0.39 is 0 Å². The van der Waals surface area contributed by atoms with Crippen LogP contribution in [0.5, 0.6) is 5.75 Å². The van der Waals surface area contributed by atoms with E-state index >= 15 is 0 Å². The van der Waals surface area contributed by atoms with Crippen LogP contribution in [0, 0.1) is 0 Å². The van der Waals surface area contributed by atoms with E-state index in [1.807, 2.05) is 55.6 Å². The van der Waals surface area contributed by atoms with Gasteiger partial charge in [0.05, 0.1) is 22.9 Å². The Morgan fingerprint density at radius 3 is 2.53 bits per heavy atom. The SMILES string of the molecule is CN(CCOc1ccccc1Cl)c1ccccc1N. The fraction of sp³-hybridized carbons (Fsp3) is 0.200. The maximum Gasteiger partial charge on any atom is 0.137 e. The molecule has 19 heavy (non-hydrogen) atoms. The third-order valence-electron chi connectivity index (χ3n) is 2.87. The molecular formula is C15H17ClN2O. The van der Waals surface area contributed by atoms with E-state index in [-0.39, 0.29) is 0 Å². The van der Waals surface area contributed by atoms with Crippen molar-refractivity contribution in [2.75, 3.05) is 30.8 Å². The van der Waals surface area contributed by atoms with Gasteiger partial charge in [-0.25, -0.2) is 0 Å². The van der Waals surface area contributed by atoms with Crippen molar-refractivity contribution in [1.29, 1.82) is 0 Å². The lowest BCUT2D eigenvalue weighted by molar-refractivity contribution is 0.326. The van der Waals surface area contributed by atoms with E-state index in [0.717, 1.165) is 17.9 Å². The summed E-state index contributed by atoms with van der Waals surface area (Å²) in [5.74, 6) is 0.707. The van der Waals surface area contributed by atoms with Crippen LogP contribution < -0.4 is 15.4 Å². The molecule has 0 saturated heterocycles. The standard InChI is InChI=1S/C15H17ClN2O/c1-18(14-8-4-3-7-13(14)17)10-11-19-15-9-5-2-6-12(15)16/h2-9H,10-11,17H2,1H3. The van der Waals surface area contributed by atoms with Gasteiger partial charge in [0.1, 0.15) is 12.4 Å². The van der Waals surface area contributed by atoms with Crippen LogP contribution in [-0.4, -0.2) is 20.2 Å². The van der Waals surface area contributed by atoms with E-state index in [0.29, 0.717) is 17.4 Å². The lowest BCUT2D eigenvalue weighted by Gasteiger charge is -2.21. The summed E-state index contributed by atoms with van der Waals surface area (Å²) in [5, 5.41) is 0.629. The number of nitrogens with two attached hydrogens (primary N) is 1. The molecule has 0 fully saturated rings. The maximum atomic E-state index is 6.02. The van der Waals surface area contributed by atoms with Gasteiger partial charge in [0, 0.05) is 7.05 Å². The van der Waals surface area contributed by atoms with Gasteiger partial charge in [0.2, 0.25) is 0 Å². The van der Waals surface area contributed by atoms with E-state index in [1.165, 1.54) is 0 Å². The maximum absolute atomic E-state index is 6.02. The highest BCUT2D eigenvalue weighted by Gasteiger charge is 2.05. The second kappa shape index (κ2) is 6.34. The number of rotatable bonds is 5. The monoisotopic (exact) mass is 276 g/mol. The number of halogens is 1. The predicted octanol–water partition coefficient (Wildman–Crippen LogP) is 3.44. The van der Waals surface area contributed by atoms with Gasteiger partial charge in [-0.2, -0.15) is 0 Å². The second-order valence-corrected chi connectivity index (χ2v) is 4.67. The molecule has 0 aliphatic heterocycles. The van der Waals surface area contributed by atoms with Crippen LogP contribution in [0.4, 0.5) is 11.4 Å². The van der Waals surface area contributed by atoms with Crippen molar-refractivity contribution in [2.24, 2.45) is 0 Å². The zero-order valence-electron chi connectivity index (χ0n) is 10.8. The van der Waals surface area contributed by atoms with E-state index in [1.54, 1.807) is 0 Å². The molecule has 100 valence electrons. The largest absolute Gasteiger partial charge is 0.490 e. The second-order valence-electron chi connectivity index (χ2n) is 4.26. The molecule has 0 aliphatic carbocycles. The number of nitrogen functional groups attached to an aromatic ring is 1. The molecule has 4 heteroatoms. The van der Waals surface area contributed by atoms with Crippen LogP contribution in [0.15, 0.2) is 48.5 Å². The third kappa shape index (κ3) is 3.55. The van der Waals surface area contributed by atoms with Gasteiger partial charge in [-0.05, 0) is 24.3 Å². The van der Waals surface area contributed by atoms with E-state index in [4.69, 9.17) is 22.1 Å². The number of benzene rings is 2. The molecule has 0 amide bonds. The van der Waals surface area contributed by atoms with E-state index in [9.17, 15) is 0 Å². The minimum absolute atomic E-state index is 0.550. The first-order valence-corrected chi connectivity index (χ1v) is 6.49. The van der Waals surface area contributed by atoms with Crippen molar-refractivity contribution in [3.05, 3.63) is 53.6 Å². The Hall–Kier alpha value is -1.87. The Kier molecular flexibility index (Phi) is 4.53. The molecule has 0 radical (unpaired) electrons.